The molecule has 2 heterocycles. The quantitative estimate of drug-likeness (QED) is 0.741. The third-order valence-electron chi connectivity index (χ3n) is 3.64. The molecule has 0 unspecified atom stereocenters. The summed E-state index contributed by atoms with van der Waals surface area (Å²) in [6.07, 6.45) is 2.82. The molecule has 0 aromatic carbocycles. The molecular formula is C13H25N5O3S. The van der Waals surface area contributed by atoms with Crippen molar-refractivity contribution in [3.05, 3.63) is 11.7 Å². The zero-order valence-electron chi connectivity index (χ0n) is 13.2. The van der Waals surface area contributed by atoms with E-state index < -0.39 is 10.2 Å². The van der Waals surface area contributed by atoms with Crippen molar-refractivity contribution >= 4 is 10.2 Å². The first-order valence-corrected chi connectivity index (χ1v) is 9.17. The molecule has 1 aromatic heterocycles. The predicted octanol–water partition coefficient (Wildman–Crippen LogP) is 0.273. The highest BCUT2D eigenvalue weighted by molar-refractivity contribution is 7.87. The number of likely N-dealkylation sites (tertiary alicyclic amines) is 1. The summed E-state index contributed by atoms with van der Waals surface area (Å²) in [5.41, 5.74) is 0. The van der Waals surface area contributed by atoms with Crippen LogP contribution in [0.5, 0.6) is 0 Å². The summed E-state index contributed by atoms with van der Waals surface area (Å²) >= 11 is 0. The second kappa shape index (κ2) is 7.49. The van der Waals surface area contributed by atoms with Crippen LogP contribution in [0, 0.1) is 11.8 Å². The third kappa shape index (κ3) is 5.99. The van der Waals surface area contributed by atoms with Gasteiger partial charge in [-0.2, -0.15) is 13.4 Å². The summed E-state index contributed by atoms with van der Waals surface area (Å²) in [6.45, 7) is 6.96. The molecule has 1 aliphatic heterocycles. The lowest BCUT2D eigenvalue weighted by molar-refractivity contribution is 0.151. The fraction of sp³-hybridized carbons (Fsp3) is 0.846. The number of nitrogens with one attached hydrogen (secondary N) is 1. The van der Waals surface area contributed by atoms with Crippen LogP contribution in [0.4, 0.5) is 0 Å². The van der Waals surface area contributed by atoms with Gasteiger partial charge in [0.05, 0.1) is 6.54 Å². The molecule has 1 saturated heterocycles. The van der Waals surface area contributed by atoms with Crippen LogP contribution in [-0.4, -0.2) is 43.1 Å². The smallest absolute Gasteiger partial charge is 0.274 e. The monoisotopic (exact) mass is 331 g/mol. The van der Waals surface area contributed by atoms with Crippen LogP contribution >= 0.6 is 0 Å². The number of piperidine rings is 1. The van der Waals surface area contributed by atoms with Crippen molar-refractivity contribution in [1.29, 1.82) is 0 Å². The lowest BCUT2D eigenvalue weighted by Gasteiger charge is -2.31. The van der Waals surface area contributed by atoms with Gasteiger partial charge in [0.1, 0.15) is 0 Å². The van der Waals surface area contributed by atoms with E-state index in [9.17, 15) is 8.42 Å². The number of nitrogens with zero attached hydrogens (tertiary/aromatic N) is 3. The van der Waals surface area contributed by atoms with Gasteiger partial charge in [0.15, 0.2) is 5.82 Å². The number of rotatable bonds is 7. The largest absolute Gasteiger partial charge is 0.338 e. The molecule has 8 nitrogen and oxygen atoms in total. The molecule has 1 atom stereocenters. The molecule has 2 rings (SSSR count). The molecule has 126 valence electrons. The average molecular weight is 331 g/mol. The van der Waals surface area contributed by atoms with E-state index in [1.807, 2.05) is 0 Å². The Morgan fingerprint density at radius 3 is 2.95 bits per heavy atom. The van der Waals surface area contributed by atoms with E-state index >= 15 is 0 Å². The normalized spacial score (nSPS) is 20.6. The van der Waals surface area contributed by atoms with Gasteiger partial charge in [-0.25, -0.2) is 9.86 Å². The van der Waals surface area contributed by atoms with E-state index in [1.165, 1.54) is 0 Å². The zero-order valence-corrected chi connectivity index (χ0v) is 14.0. The van der Waals surface area contributed by atoms with Gasteiger partial charge in [-0.05, 0) is 31.2 Å². The average Bonchev–Trinajstić information content (AvgIpc) is 2.82. The minimum absolute atomic E-state index is 0.255. The van der Waals surface area contributed by atoms with Crippen molar-refractivity contribution in [2.24, 2.45) is 17.0 Å². The minimum Gasteiger partial charge on any atom is -0.338 e. The molecule has 0 saturated carbocycles. The Hall–Kier alpha value is -1.03. The minimum atomic E-state index is -3.62. The van der Waals surface area contributed by atoms with Crippen LogP contribution in [-0.2, 0) is 23.2 Å². The van der Waals surface area contributed by atoms with Crippen LogP contribution in [0.25, 0.3) is 0 Å². The number of nitrogens with two attached hydrogens (primary N) is 1. The van der Waals surface area contributed by atoms with Crippen molar-refractivity contribution in [3.8, 4) is 0 Å². The first kappa shape index (κ1) is 17.3. The summed E-state index contributed by atoms with van der Waals surface area (Å²) in [6, 6.07) is 0. The van der Waals surface area contributed by atoms with E-state index in [-0.39, 0.29) is 5.92 Å². The van der Waals surface area contributed by atoms with Crippen LogP contribution < -0.4 is 9.86 Å². The predicted molar refractivity (Wildman–Crippen MR) is 82.0 cm³/mol. The van der Waals surface area contributed by atoms with E-state index in [2.05, 4.69) is 33.6 Å². The van der Waals surface area contributed by atoms with E-state index in [4.69, 9.17) is 9.66 Å². The molecule has 9 heteroatoms. The van der Waals surface area contributed by atoms with E-state index in [1.54, 1.807) is 0 Å². The molecule has 1 fully saturated rings. The van der Waals surface area contributed by atoms with Crippen molar-refractivity contribution in [2.75, 3.05) is 19.6 Å². The maximum atomic E-state index is 11.0. The standard InChI is InChI=1S/C13H25N5O3S/c1-10(2)6-12-16-13(21-17-12)9-18-5-3-4-11(8-18)7-15-22(14,19)20/h10-11,15H,3-9H2,1-2H3,(H2,14,19,20)/t11-/m1/s1. The van der Waals surface area contributed by atoms with Gasteiger partial charge in [-0.1, -0.05) is 19.0 Å². The van der Waals surface area contributed by atoms with Crippen LogP contribution in [0.2, 0.25) is 0 Å². The topological polar surface area (TPSA) is 114 Å². The second-order valence-electron chi connectivity index (χ2n) is 6.34. The fourth-order valence-electron chi connectivity index (χ4n) is 2.69. The van der Waals surface area contributed by atoms with Crippen molar-refractivity contribution < 1.29 is 12.9 Å². The molecule has 0 bridgehead atoms. The van der Waals surface area contributed by atoms with Crippen LogP contribution in [0.1, 0.15) is 38.4 Å². The summed E-state index contributed by atoms with van der Waals surface area (Å²) in [5.74, 6) is 2.12. The SMILES string of the molecule is CC(C)Cc1noc(CN2CCC[C@H](CNS(N)(=O)=O)C2)n1. The van der Waals surface area contributed by atoms with Crippen LogP contribution in [0.3, 0.4) is 0 Å². The second-order valence-corrected chi connectivity index (χ2v) is 7.72. The third-order valence-corrected chi connectivity index (χ3v) is 4.21. The van der Waals surface area contributed by atoms with Crippen molar-refractivity contribution in [2.45, 2.75) is 39.7 Å². The summed E-state index contributed by atoms with van der Waals surface area (Å²) in [5, 5.41) is 8.96. The Bertz CT molecular complexity index is 572. The van der Waals surface area contributed by atoms with Gasteiger partial charge in [-0.15, -0.1) is 0 Å². The summed E-state index contributed by atoms with van der Waals surface area (Å²) in [7, 11) is -3.62. The molecule has 0 spiro atoms. The molecule has 3 N–H and O–H groups in total. The Morgan fingerprint density at radius 2 is 2.27 bits per heavy atom. The molecule has 0 aliphatic carbocycles. The molecule has 0 amide bonds. The zero-order chi connectivity index (χ0) is 16.2. The lowest BCUT2D eigenvalue weighted by atomic mass is 9.98. The molecule has 1 aromatic rings. The van der Waals surface area contributed by atoms with E-state index in [0.717, 1.165) is 38.2 Å². The Kier molecular flexibility index (Phi) is 5.90. The molecule has 22 heavy (non-hydrogen) atoms. The molecular weight excluding hydrogens is 306 g/mol. The first-order chi connectivity index (χ1) is 10.3. The highest BCUT2D eigenvalue weighted by atomic mass is 32.2. The Morgan fingerprint density at radius 1 is 1.50 bits per heavy atom. The summed E-state index contributed by atoms with van der Waals surface area (Å²) < 4.78 is 29.6. The van der Waals surface area contributed by atoms with E-state index in [0.29, 0.717) is 24.9 Å². The summed E-state index contributed by atoms with van der Waals surface area (Å²) in [4.78, 5) is 6.62. The highest BCUT2D eigenvalue weighted by Gasteiger charge is 2.22. The van der Waals surface area contributed by atoms with Gasteiger partial charge >= 0.3 is 0 Å². The lowest BCUT2D eigenvalue weighted by Crippen LogP contribution is -2.42. The van der Waals surface area contributed by atoms with Gasteiger partial charge in [0, 0.05) is 19.5 Å². The van der Waals surface area contributed by atoms with Gasteiger partial charge in [-0.3, -0.25) is 4.90 Å². The van der Waals surface area contributed by atoms with Crippen molar-refractivity contribution in [3.63, 3.8) is 0 Å². The highest BCUT2D eigenvalue weighted by Crippen LogP contribution is 2.18. The maximum absolute atomic E-state index is 11.0. The Balaban J connectivity index is 1.83. The van der Waals surface area contributed by atoms with Gasteiger partial charge in [0.25, 0.3) is 10.2 Å². The fourth-order valence-corrected chi connectivity index (χ4v) is 3.16. The number of aromatic nitrogens is 2. The number of hydrogen-bond donors (Lipinski definition) is 2. The maximum Gasteiger partial charge on any atom is 0.274 e. The van der Waals surface area contributed by atoms with Gasteiger partial charge in [0.2, 0.25) is 5.89 Å². The molecule has 0 radical (unpaired) electrons. The van der Waals surface area contributed by atoms with Crippen LogP contribution in [0.15, 0.2) is 4.52 Å². The van der Waals surface area contributed by atoms with Gasteiger partial charge < -0.3 is 4.52 Å². The number of hydrogen-bond acceptors (Lipinski definition) is 6. The van der Waals surface area contributed by atoms with Crippen molar-refractivity contribution in [1.82, 2.24) is 19.8 Å². The molecule has 1 aliphatic rings. The first-order valence-electron chi connectivity index (χ1n) is 7.63. The Labute approximate surface area is 131 Å².